The first-order valence-corrected chi connectivity index (χ1v) is 15.5. The molecule has 1 aliphatic heterocycles. The van der Waals surface area contributed by atoms with Crippen LogP contribution in [0.2, 0.25) is 0 Å². The molecule has 4 nitrogen and oxygen atoms in total. The van der Waals surface area contributed by atoms with Crippen molar-refractivity contribution in [2.45, 2.75) is 18.8 Å². The van der Waals surface area contributed by atoms with Crippen LogP contribution >= 0.6 is 0 Å². The number of rotatable bonds is 4. The van der Waals surface area contributed by atoms with Gasteiger partial charge in [0.1, 0.15) is 6.54 Å². The Bertz CT molecular complexity index is 2330. The van der Waals surface area contributed by atoms with Crippen molar-refractivity contribution in [3.8, 4) is 16.8 Å². The third-order valence-corrected chi connectivity index (χ3v) is 9.64. The highest BCUT2D eigenvalue weighted by molar-refractivity contribution is 6.10. The molecule has 4 heteroatoms. The van der Waals surface area contributed by atoms with Crippen LogP contribution in [0.3, 0.4) is 0 Å². The molecule has 2 aromatic heterocycles. The molecule has 6 aromatic carbocycles. The van der Waals surface area contributed by atoms with Crippen LogP contribution in [0.5, 0.6) is 0 Å². The Morgan fingerprint density at radius 3 is 2.00 bits per heavy atom. The van der Waals surface area contributed by atoms with Crippen molar-refractivity contribution in [2.24, 2.45) is 0 Å². The average molecular weight is 570 g/mol. The number of quaternary nitrogens is 1. The molecule has 0 amide bonds. The standard InChI is InChI=1S/C40H32N4/c1-40(29-21-23-37-34(25-29)32-17-9-10-18-35(32)43(37)30-14-6-3-7-15-30)26-41-39(42-40)44-36-19-11-8-16-31(36)33-22-20-28(24-38(33)44)27-12-4-2-5-13-27/h2-25,39,41-42H,26H2,1H3/p+1. The number of nitrogens with one attached hydrogen (secondary N) is 1. The number of nitrogens with zero attached hydrogens (tertiary/aromatic N) is 2. The van der Waals surface area contributed by atoms with Crippen molar-refractivity contribution in [2.75, 3.05) is 6.54 Å². The van der Waals surface area contributed by atoms with E-state index >= 15 is 0 Å². The zero-order valence-corrected chi connectivity index (χ0v) is 24.6. The fraction of sp³-hybridized carbons (Fsp3) is 0.100. The minimum absolute atomic E-state index is 0.0646. The van der Waals surface area contributed by atoms with Gasteiger partial charge < -0.3 is 9.88 Å². The van der Waals surface area contributed by atoms with Crippen LogP contribution in [0.25, 0.3) is 60.4 Å². The molecule has 1 fully saturated rings. The van der Waals surface area contributed by atoms with Gasteiger partial charge in [-0.25, -0.2) is 5.32 Å². The van der Waals surface area contributed by atoms with Crippen LogP contribution in [0.15, 0.2) is 146 Å². The highest BCUT2D eigenvalue weighted by atomic mass is 15.4. The minimum atomic E-state index is -0.205. The Kier molecular flexibility index (Phi) is 5.58. The molecule has 3 N–H and O–H groups in total. The highest BCUT2D eigenvalue weighted by Gasteiger charge is 2.41. The maximum atomic E-state index is 4.08. The summed E-state index contributed by atoms with van der Waals surface area (Å²) in [6.45, 7) is 3.29. The number of fused-ring (bicyclic) bond motifs is 6. The van der Waals surface area contributed by atoms with Gasteiger partial charge in [0.25, 0.3) is 0 Å². The van der Waals surface area contributed by atoms with Crippen molar-refractivity contribution in [3.05, 3.63) is 151 Å². The normalized spacial score (nSPS) is 18.6. The van der Waals surface area contributed by atoms with E-state index in [0.29, 0.717) is 0 Å². The minimum Gasteiger partial charge on any atom is -0.311 e. The summed E-state index contributed by atoms with van der Waals surface area (Å²) in [7, 11) is 0. The number of aromatic nitrogens is 2. The molecule has 0 spiro atoms. The molecule has 0 bridgehead atoms. The molecule has 1 aliphatic rings. The maximum absolute atomic E-state index is 4.08. The van der Waals surface area contributed by atoms with Crippen molar-refractivity contribution in [1.82, 2.24) is 14.5 Å². The number of hydrogen-bond acceptors (Lipinski definition) is 1. The number of hydrogen-bond donors (Lipinski definition) is 2. The van der Waals surface area contributed by atoms with Gasteiger partial charge in [-0.3, -0.25) is 4.57 Å². The van der Waals surface area contributed by atoms with E-state index in [4.69, 9.17) is 0 Å². The zero-order valence-electron chi connectivity index (χ0n) is 24.6. The van der Waals surface area contributed by atoms with E-state index in [9.17, 15) is 0 Å². The summed E-state index contributed by atoms with van der Waals surface area (Å²) in [5, 5.41) is 11.7. The molecule has 212 valence electrons. The fourth-order valence-corrected chi connectivity index (χ4v) is 7.44. The maximum Gasteiger partial charge on any atom is 0.225 e. The molecule has 1 saturated heterocycles. The van der Waals surface area contributed by atoms with E-state index in [0.717, 1.165) is 6.54 Å². The summed E-state index contributed by atoms with van der Waals surface area (Å²) in [6, 6.07) is 52.9. The molecular formula is C40H33N4+. The Balaban J connectivity index is 1.16. The van der Waals surface area contributed by atoms with Crippen molar-refractivity contribution < 1.29 is 5.32 Å². The van der Waals surface area contributed by atoms with E-state index in [1.807, 2.05) is 0 Å². The predicted octanol–water partition coefficient (Wildman–Crippen LogP) is 8.10. The number of para-hydroxylation sites is 3. The van der Waals surface area contributed by atoms with Crippen molar-refractivity contribution in [3.63, 3.8) is 0 Å². The smallest absolute Gasteiger partial charge is 0.225 e. The summed E-state index contributed by atoms with van der Waals surface area (Å²) in [4.78, 5) is 0. The highest BCUT2D eigenvalue weighted by Crippen LogP contribution is 2.37. The summed E-state index contributed by atoms with van der Waals surface area (Å²) >= 11 is 0. The van der Waals surface area contributed by atoms with Gasteiger partial charge in [-0.05, 0) is 66.1 Å². The first-order valence-electron chi connectivity index (χ1n) is 15.5. The van der Waals surface area contributed by atoms with Gasteiger partial charge in [0.2, 0.25) is 6.29 Å². The van der Waals surface area contributed by atoms with Crippen LogP contribution in [0.4, 0.5) is 0 Å². The van der Waals surface area contributed by atoms with Crippen LogP contribution < -0.4 is 10.6 Å². The van der Waals surface area contributed by atoms with Gasteiger partial charge in [0.15, 0.2) is 0 Å². The monoisotopic (exact) mass is 569 g/mol. The van der Waals surface area contributed by atoms with Crippen LogP contribution in [-0.2, 0) is 5.54 Å². The Hall–Kier alpha value is -5.16. The molecule has 3 heterocycles. The zero-order chi connectivity index (χ0) is 29.3. The lowest BCUT2D eigenvalue weighted by Crippen LogP contribution is -2.85. The molecule has 9 rings (SSSR count). The lowest BCUT2D eigenvalue weighted by atomic mass is 9.92. The Morgan fingerprint density at radius 2 is 1.20 bits per heavy atom. The first-order chi connectivity index (χ1) is 21.7. The molecule has 8 aromatic rings. The fourth-order valence-electron chi connectivity index (χ4n) is 7.44. The molecule has 2 unspecified atom stereocenters. The third-order valence-electron chi connectivity index (χ3n) is 9.64. The van der Waals surface area contributed by atoms with Gasteiger partial charge in [0, 0.05) is 27.2 Å². The van der Waals surface area contributed by atoms with Gasteiger partial charge in [0.05, 0.1) is 27.6 Å². The number of nitrogens with two attached hydrogens (primary N) is 1. The van der Waals surface area contributed by atoms with E-state index in [-0.39, 0.29) is 11.8 Å². The van der Waals surface area contributed by atoms with Crippen molar-refractivity contribution >= 4 is 43.6 Å². The van der Waals surface area contributed by atoms with E-state index in [1.165, 1.54) is 66.0 Å². The first kappa shape index (κ1) is 25.3. The second-order valence-corrected chi connectivity index (χ2v) is 12.3. The van der Waals surface area contributed by atoms with E-state index in [1.54, 1.807) is 0 Å². The van der Waals surface area contributed by atoms with Crippen LogP contribution in [-0.4, -0.2) is 15.7 Å². The third kappa shape index (κ3) is 3.78. The molecule has 0 aliphatic carbocycles. The molecule has 0 radical (unpaired) electrons. The van der Waals surface area contributed by atoms with Crippen LogP contribution in [0, 0.1) is 0 Å². The summed E-state index contributed by atoms with van der Waals surface area (Å²) in [6.07, 6.45) is 0.0646. The topological polar surface area (TPSA) is 38.5 Å². The Labute approximate surface area is 256 Å². The van der Waals surface area contributed by atoms with Crippen molar-refractivity contribution in [1.29, 1.82) is 0 Å². The van der Waals surface area contributed by atoms with E-state index in [2.05, 4.69) is 172 Å². The number of benzene rings is 6. The SMILES string of the molecule is CC1(c2ccc3c(c2)c2ccccc2n3-c2ccccc2)C[NH2+]C(n2c3ccccc3c3ccc(-c4ccccc4)cc32)N1. The van der Waals surface area contributed by atoms with Gasteiger partial charge in [-0.1, -0.05) is 103 Å². The Morgan fingerprint density at radius 1 is 0.568 bits per heavy atom. The van der Waals surface area contributed by atoms with E-state index < -0.39 is 0 Å². The van der Waals surface area contributed by atoms with Crippen LogP contribution in [0.1, 0.15) is 18.8 Å². The molecule has 44 heavy (non-hydrogen) atoms. The van der Waals surface area contributed by atoms with Gasteiger partial charge in [-0.15, -0.1) is 0 Å². The summed E-state index contributed by atoms with van der Waals surface area (Å²) in [5.41, 5.74) is 9.75. The molecular weight excluding hydrogens is 536 g/mol. The second kappa shape index (κ2) is 9.68. The average Bonchev–Trinajstić information content (AvgIpc) is 3.75. The summed E-state index contributed by atoms with van der Waals surface area (Å²) in [5.74, 6) is 0. The lowest BCUT2D eigenvalue weighted by Gasteiger charge is -2.23. The summed E-state index contributed by atoms with van der Waals surface area (Å²) < 4.78 is 4.89. The largest absolute Gasteiger partial charge is 0.311 e. The quantitative estimate of drug-likeness (QED) is 0.221. The predicted molar refractivity (Wildman–Crippen MR) is 182 cm³/mol. The molecule has 2 atom stereocenters. The van der Waals surface area contributed by atoms with Gasteiger partial charge in [-0.2, -0.15) is 0 Å². The second-order valence-electron chi connectivity index (χ2n) is 12.3. The lowest BCUT2D eigenvalue weighted by molar-refractivity contribution is -0.694. The molecule has 0 saturated carbocycles. The van der Waals surface area contributed by atoms with Gasteiger partial charge >= 0.3 is 0 Å².